The number of aromatic nitrogens is 2. The van der Waals surface area contributed by atoms with Crippen LogP contribution in [0.25, 0.3) is 5.69 Å². The van der Waals surface area contributed by atoms with Crippen LogP contribution in [0, 0.1) is 5.82 Å². The standard InChI is InChI=1S/C26H32FN5O4/c1-26(2,3)22-16-23(32(30-22)20-9-11-21(36-5)12-10-20)29-24(33)17-31(13-14-35-4)25(34)28-19-8-6-7-18(27)15-19/h6-12,15-16H,13-14,17H2,1-5H3,(H,28,34)(H,29,33). The zero-order valence-corrected chi connectivity index (χ0v) is 21.2. The zero-order valence-electron chi connectivity index (χ0n) is 21.2. The topological polar surface area (TPSA) is 97.7 Å². The third-order valence-electron chi connectivity index (χ3n) is 5.33. The fourth-order valence-corrected chi connectivity index (χ4v) is 3.34. The number of halogens is 1. The Labute approximate surface area is 210 Å². The number of nitrogens with one attached hydrogen (secondary N) is 2. The first-order valence-corrected chi connectivity index (χ1v) is 11.5. The predicted octanol–water partition coefficient (Wildman–Crippen LogP) is 4.44. The summed E-state index contributed by atoms with van der Waals surface area (Å²) in [6, 6.07) is 14.1. The van der Waals surface area contributed by atoms with Crippen molar-refractivity contribution in [2.75, 3.05) is 44.5 Å². The Balaban J connectivity index is 1.80. The summed E-state index contributed by atoms with van der Waals surface area (Å²) >= 11 is 0. The molecule has 2 N–H and O–H groups in total. The summed E-state index contributed by atoms with van der Waals surface area (Å²) in [4.78, 5) is 27.2. The van der Waals surface area contributed by atoms with E-state index in [1.807, 2.05) is 51.1 Å². The maximum atomic E-state index is 13.5. The smallest absolute Gasteiger partial charge is 0.322 e. The quantitative estimate of drug-likeness (QED) is 0.456. The average molecular weight is 498 g/mol. The van der Waals surface area contributed by atoms with Gasteiger partial charge in [0, 0.05) is 30.8 Å². The molecular weight excluding hydrogens is 465 g/mol. The monoisotopic (exact) mass is 497 g/mol. The first kappa shape index (κ1) is 26.7. The number of amides is 3. The SMILES string of the molecule is COCCN(CC(=O)Nc1cc(C(C)(C)C)nn1-c1ccc(OC)cc1)C(=O)Nc1cccc(F)c1. The molecule has 0 atom stereocenters. The summed E-state index contributed by atoms with van der Waals surface area (Å²) in [6.07, 6.45) is 0. The Hall–Kier alpha value is -3.92. The minimum absolute atomic E-state index is 0.163. The van der Waals surface area contributed by atoms with Crippen molar-refractivity contribution in [3.63, 3.8) is 0 Å². The molecule has 3 amide bonds. The van der Waals surface area contributed by atoms with Crippen molar-refractivity contribution in [1.29, 1.82) is 0 Å². The predicted molar refractivity (Wildman–Crippen MR) is 136 cm³/mol. The van der Waals surface area contributed by atoms with E-state index >= 15 is 0 Å². The maximum absolute atomic E-state index is 13.5. The summed E-state index contributed by atoms with van der Waals surface area (Å²) in [7, 11) is 3.09. The highest BCUT2D eigenvalue weighted by Crippen LogP contribution is 2.27. The number of ether oxygens (including phenoxy) is 2. The molecule has 0 saturated carbocycles. The van der Waals surface area contributed by atoms with Gasteiger partial charge in [-0.2, -0.15) is 5.10 Å². The van der Waals surface area contributed by atoms with Crippen molar-refractivity contribution < 1.29 is 23.5 Å². The first-order chi connectivity index (χ1) is 17.1. The van der Waals surface area contributed by atoms with E-state index in [1.54, 1.807) is 17.9 Å². The second-order valence-electron chi connectivity index (χ2n) is 9.18. The second kappa shape index (κ2) is 11.7. The van der Waals surface area contributed by atoms with E-state index in [0.29, 0.717) is 11.6 Å². The number of hydrogen-bond acceptors (Lipinski definition) is 5. The summed E-state index contributed by atoms with van der Waals surface area (Å²) < 4.78 is 25.5. The van der Waals surface area contributed by atoms with Gasteiger partial charge in [-0.05, 0) is 42.5 Å². The van der Waals surface area contributed by atoms with E-state index in [9.17, 15) is 14.0 Å². The molecular formula is C26H32FN5O4. The van der Waals surface area contributed by atoms with E-state index in [0.717, 1.165) is 11.4 Å². The van der Waals surface area contributed by atoms with E-state index in [2.05, 4.69) is 10.6 Å². The Morgan fingerprint density at radius 3 is 2.39 bits per heavy atom. The number of rotatable bonds is 9. The molecule has 3 rings (SSSR count). The van der Waals surface area contributed by atoms with Gasteiger partial charge in [0.25, 0.3) is 0 Å². The molecule has 0 radical (unpaired) electrons. The van der Waals surface area contributed by atoms with Gasteiger partial charge in [0.2, 0.25) is 5.91 Å². The third-order valence-corrected chi connectivity index (χ3v) is 5.33. The lowest BCUT2D eigenvalue weighted by Gasteiger charge is -2.22. The van der Waals surface area contributed by atoms with E-state index in [1.165, 1.54) is 30.2 Å². The number of carbonyl (C=O) groups is 2. The average Bonchev–Trinajstić information content (AvgIpc) is 3.26. The molecule has 0 aliphatic heterocycles. The lowest BCUT2D eigenvalue weighted by Crippen LogP contribution is -2.42. The largest absolute Gasteiger partial charge is 0.497 e. The third kappa shape index (κ3) is 7.05. The number of nitrogens with zero attached hydrogens (tertiary/aromatic N) is 3. The Kier molecular flexibility index (Phi) is 8.65. The zero-order chi connectivity index (χ0) is 26.3. The summed E-state index contributed by atoms with van der Waals surface area (Å²) in [5.41, 5.74) is 1.55. The molecule has 0 saturated heterocycles. The molecule has 192 valence electrons. The van der Waals surface area contributed by atoms with E-state index in [-0.39, 0.29) is 30.8 Å². The molecule has 0 fully saturated rings. The first-order valence-electron chi connectivity index (χ1n) is 11.5. The highest BCUT2D eigenvalue weighted by Gasteiger charge is 2.23. The maximum Gasteiger partial charge on any atom is 0.322 e. The molecule has 0 aliphatic carbocycles. The molecule has 1 heterocycles. The second-order valence-corrected chi connectivity index (χ2v) is 9.18. The number of urea groups is 1. The van der Waals surface area contributed by atoms with Crippen LogP contribution in [0.5, 0.6) is 5.75 Å². The van der Waals surface area contributed by atoms with Crippen LogP contribution in [0.1, 0.15) is 26.5 Å². The number of methoxy groups -OCH3 is 2. The van der Waals surface area contributed by atoms with Gasteiger partial charge in [-0.1, -0.05) is 26.8 Å². The number of carbonyl (C=O) groups excluding carboxylic acids is 2. The molecule has 36 heavy (non-hydrogen) atoms. The van der Waals surface area contributed by atoms with Gasteiger partial charge in [-0.3, -0.25) is 4.79 Å². The van der Waals surface area contributed by atoms with Gasteiger partial charge < -0.3 is 25.0 Å². The fraction of sp³-hybridized carbons (Fsp3) is 0.346. The van der Waals surface area contributed by atoms with Crippen LogP contribution in [0.3, 0.4) is 0 Å². The van der Waals surface area contributed by atoms with Gasteiger partial charge in [0.1, 0.15) is 23.9 Å². The molecule has 10 heteroatoms. The Morgan fingerprint density at radius 2 is 1.78 bits per heavy atom. The van der Waals surface area contributed by atoms with Crippen LogP contribution in [0.15, 0.2) is 54.6 Å². The van der Waals surface area contributed by atoms with E-state index < -0.39 is 17.8 Å². The van der Waals surface area contributed by atoms with Gasteiger partial charge in [-0.15, -0.1) is 0 Å². The van der Waals surface area contributed by atoms with Gasteiger partial charge in [-0.25, -0.2) is 13.9 Å². The van der Waals surface area contributed by atoms with Crippen molar-refractivity contribution in [1.82, 2.24) is 14.7 Å². The lowest BCUT2D eigenvalue weighted by molar-refractivity contribution is -0.116. The minimum Gasteiger partial charge on any atom is -0.497 e. The summed E-state index contributed by atoms with van der Waals surface area (Å²) in [5.74, 6) is 0.268. The van der Waals surface area contributed by atoms with Crippen molar-refractivity contribution in [3.05, 3.63) is 66.1 Å². The molecule has 0 spiro atoms. The molecule has 0 aliphatic rings. The highest BCUT2D eigenvalue weighted by molar-refractivity contribution is 5.96. The highest BCUT2D eigenvalue weighted by atomic mass is 19.1. The normalized spacial score (nSPS) is 11.2. The summed E-state index contributed by atoms with van der Waals surface area (Å²) in [5, 5.41) is 10.2. The number of benzene rings is 2. The van der Waals surface area contributed by atoms with Crippen LogP contribution in [0.4, 0.5) is 20.7 Å². The number of anilines is 2. The Bertz CT molecular complexity index is 1190. The van der Waals surface area contributed by atoms with Crippen LogP contribution in [0.2, 0.25) is 0 Å². The minimum atomic E-state index is -0.549. The van der Waals surface area contributed by atoms with Crippen molar-refractivity contribution in [3.8, 4) is 11.4 Å². The van der Waals surface area contributed by atoms with Crippen molar-refractivity contribution >= 4 is 23.4 Å². The molecule has 9 nitrogen and oxygen atoms in total. The number of hydrogen-bond donors (Lipinski definition) is 2. The van der Waals surface area contributed by atoms with Crippen molar-refractivity contribution in [2.45, 2.75) is 26.2 Å². The molecule has 0 bridgehead atoms. The van der Waals surface area contributed by atoms with Crippen LogP contribution >= 0.6 is 0 Å². The molecule has 0 unspecified atom stereocenters. The molecule has 2 aromatic carbocycles. The van der Waals surface area contributed by atoms with Crippen molar-refractivity contribution in [2.24, 2.45) is 0 Å². The Morgan fingerprint density at radius 1 is 1.06 bits per heavy atom. The van der Waals surface area contributed by atoms with Crippen LogP contribution in [-0.2, 0) is 14.9 Å². The van der Waals surface area contributed by atoms with E-state index in [4.69, 9.17) is 14.6 Å². The molecule has 3 aromatic rings. The summed E-state index contributed by atoms with van der Waals surface area (Å²) in [6.45, 7) is 6.23. The van der Waals surface area contributed by atoms with Crippen LogP contribution in [-0.4, -0.2) is 60.5 Å². The molecule has 1 aromatic heterocycles. The van der Waals surface area contributed by atoms with Gasteiger partial charge >= 0.3 is 6.03 Å². The van der Waals surface area contributed by atoms with Gasteiger partial charge in [0.05, 0.1) is 25.1 Å². The van der Waals surface area contributed by atoms with Crippen LogP contribution < -0.4 is 15.4 Å². The van der Waals surface area contributed by atoms with Gasteiger partial charge in [0.15, 0.2) is 0 Å². The fourth-order valence-electron chi connectivity index (χ4n) is 3.34. The lowest BCUT2D eigenvalue weighted by atomic mass is 9.92.